The zero-order chi connectivity index (χ0) is 15.2. The molecule has 0 radical (unpaired) electrons. The summed E-state index contributed by atoms with van der Waals surface area (Å²) < 4.78 is 0. The van der Waals surface area contributed by atoms with Crippen LogP contribution < -0.4 is 5.56 Å². The van der Waals surface area contributed by atoms with Crippen molar-refractivity contribution < 1.29 is 0 Å². The smallest absolute Gasteiger partial charge is 0.267 e. The van der Waals surface area contributed by atoms with Crippen LogP contribution >= 0.6 is 11.3 Å². The fourth-order valence-electron chi connectivity index (χ4n) is 2.58. The van der Waals surface area contributed by atoms with E-state index in [-0.39, 0.29) is 5.56 Å². The van der Waals surface area contributed by atoms with Gasteiger partial charge in [0.1, 0.15) is 0 Å². The molecule has 3 rings (SSSR count). The van der Waals surface area contributed by atoms with Crippen LogP contribution in [0.2, 0.25) is 0 Å². The van der Waals surface area contributed by atoms with E-state index in [0.717, 1.165) is 36.8 Å². The third-order valence-electron chi connectivity index (χ3n) is 3.78. The molecule has 1 aromatic carbocycles. The molecule has 0 bridgehead atoms. The van der Waals surface area contributed by atoms with E-state index in [9.17, 15) is 4.79 Å². The maximum absolute atomic E-state index is 12.1. The van der Waals surface area contributed by atoms with Crippen LogP contribution in [0, 0.1) is 0 Å². The van der Waals surface area contributed by atoms with E-state index in [1.165, 1.54) is 10.4 Å². The molecule has 1 N–H and O–H groups in total. The van der Waals surface area contributed by atoms with Crippen molar-refractivity contribution in [2.45, 2.75) is 25.7 Å². The molecular formula is C18H18N2OS. The summed E-state index contributed by atoms with van der Waals surface area (Å²) in [6.45, 7) is 0. The molecule has 22 heavy (non-hydrogen) atoms. The average molecular weight is 310 g/mol. The second-order valence-electron chi connectivity index (χ2n) is 5.27. The van der Waals surface area contributed by atoms with Crippen molar-refractivity contribution in [3.8, 4) is 0 Å². The number of hydrogen-bond donors (Lipinski definition) is 1. The van der Waals surface area contributed by atoms with Gasteiger partial charge < -0.3 is 0 Å². The summed E-state index contributed by atoms with van der Waals surface area (Å²) in [5.74, 6) is 0. The highest BCUT2D eigenvalue weighted by Crippen LogP contribution is 2.14. The summed E-state index contributed by atoms with van der Waals surface area (Å²) in [6, 6.07) is 14.5. The Morgan fingerprint density at radius 2 is 1.82 bits per heavy atom. The van der Waals surface area contributed by atoms with Gasteiger partial charge in [-0.25, -0.2) is 5.10 Å². The molecule has 3 nitrogen and oxygen atoms in total. The number of hydrogen-bond acceptors (Lipinski definition) is 3. The molecule has 0 atom stereocenters. The van der Waals surface area contributed by atoms with Gasteiger partial charge in [-0.3, -0.25) is 4.79 Å². The van der Waals surface area contributed by atoms with Crippen LogP contribution in [-0.4, -0.2) is 10.2 Å². The molecule has 0 spiro atoms. The lowest BCUT2D eigenvalue weighted by Crippen LogP contribution is -2.18. The first-order valence-electron chi connectivity index (χ1n) is 7.44. The fourth-order valence-corrected chi connectivity index (χ4v) is 3.29. The van der Waals surface area contributed by atoms with Gasteiger partial charge in [0.15, 0.2) is 0 Å². The zero-order valence-electron chi connectivity index (χ0n) is 12.3. The third kappa shape index (κ3) is 3.71. The van der Waals surface area contributed by atoms with Crippen molar-refractivity contribution in [3.05, 3.63) is 86.0 Å². The van der Waals surface area contributed by atoms with E-state index in [1.54, 1.807) is 17.5 Å². The van der Waals surface area contributed by atoms with Crippen molar-refractivity contribution in [2.24, 2.45) is 0 Å². The van der Waals surface area contributed by atoms with Crippen LogP contribution in [0.15, 0.2) is 58.8 Å². The lowest BCUT2D eigenvalue weighted by atomic mass is 9.99. The van der Waals surface area contributed by atoms with Crippen LogP contribution in [0.1, 0.15) is 21.6 Å². The Hall–Kier alpha value is -2.20. The van der Waals surface area contributed by atoms with Crippen molar-refractivity contribution in [1.29, 1.82) is 0 Å². The highest BCUT2D eigenvalue weighted by atomic mass is 32.1. The Bertz CT molecular complexity index is 763. The molecule has 3 aromatic rings. The Balaban J connectivity index is 1.73. The van der Waals surface area contributed by atoms with E-state index in [4.69, 9.17) is 0 Å². The van der Waals surface area contributed by atoms with Crippen molar-refractivity contribution in [1.82, 2.24) is 10.2 Å². The molecule has 4 heteroatoms. The number of aromatic nitrogens is 2. The lowest BCUT2D eigenvalue weighted by Gasteiger charge is -2.07. The van der Waals surface area contributed by atoms with E-state index >= 15 is 0 Å². The summed E-state index contributed by atoms with van der Waals surface area (Å²) in [4.78, 5) is 13.4. The number of H-pyrrole nitrogens is 1. The predicted octanol–water partition coefficient (Wildman–Crippen LogP) is 3.40. The van der Waals surface area contributed by atoms with Crippen molar-refractivity contribution in [3.63, 3.8) is 0 Å². The van der Waals surface area contributed by atoms with Gasteiger partial charge >= 0.3 is 0 Å². The van der Waals surface area contributed by atoms with Crippen molar-refractivity contribution in [2.75, 3.05) is 0 Å². The molecule has 0 aliphatic carbocycles. The van der Waals surface area contributed by atoms with E-state index in [0.29, 0.717) is 0 Å². The zero-order valence-corrected chi connectivity index (χ0v) is 13.1. The molecule has 2 heterocycles. The summed E-state index contributed by atoms with van der Waals surface area (Å²) in [7, 11) is 0. The largest absolute Gasteiger partial charge is 0.268 e. The highest BCUT2D eigenvalue weighted by molar-refractivity contribution is 7.09. The topological polar surface area (TPSA) is 45.8 Å². The first-order chi connectivity index (χ1) is 10.8. The fraction of sp³-hybridized carbons (Fsp3) is 0.222. The van der Waals surface area contributed by atoms with Crippen LogP contribution in [-0.2, 0) is 25.7 Å². The highest BCUT2D eigenvalue weighted by Gasteiger charge is 2.09. The number of aryl methyl sites for hydroxylation is 3. The van der Waals surface area contributed by atoms with E-state index < -0.39 is 0 Å². The number of rotatable bonds is 6. The van der Waals surface area contributed by atoms with Gasteiger partial charge in [0.05, 0.1) is 6.20 Å². The lowest BCUT2D eigenvalue weighted by molar-refractivity contribution is 0.836. The number of nitrogens with zero attached hydrogens (tertiary/aromatic N) is 1. The third-order valence-corrected chi connectivity index (χ3v) is 4.71. The molecule has 0 unspecified atom stereocenters. The maximum atomic E-state index is 12.1. The summed E-state index contributed by atoms with van der Waals surface area (Å²) in [6.07, 6.45) is 5.25. The molecule has 2 aromatic heterocycles. The molecule has 0 aliphatic rings. The maximum Gasteiger partial charge on any atom is 0.267 e. The van der Waals surface area contributed by atoms with Gasteiger partial charge in [-0.05, 0) is 48.3 Å². The molecule has 112 valence electrons. The van der Waals surface area contributed by atoms with Crippen LogP contribution in [0.4, 0.5) is 0 Å². The number of thiophene rings is 1. The SMILES string of the molecule is O=c1[nH]ncc(CCc2ccccc2)c1CCc1cccs1. The molecule has 0 saturated heterocycles. The Kier molecular flexibility index (Phi) is 4.81. The van der Waals surface area contributed by atoms with Gasteiger partial charge in [-0.2, -0.15) is 5.10 Å². The molecule has 0 saturated carbocycles. The molecular weight excluding hydrogens is 292 g/mol. The molecule has 0 aliphatic heterocycles. The first-order valence-corrected chi connectivity index (χ1v) is 8.32. The Morgan fingerprint density at radius 1 is 0.955 bits per heavy atom. The van der Waals surface area contributed by atoms with Gasteiger partial charge in [0, 0.05) is 10.4 Å². The standard InChI is InChI=1S/C18H18N2OS/c21-18-17(11-10-16-7-4-12-22-16)15(13-19-20-18)9-8-14-5-2-1-3-6-14/h1-7,12-13H,8-11H2,(H,20,21). The summed E-state index contributed by atoms with van der Waals surface area (Å²) in [5, 5.41) is 8.61. The molecule has 0 amide bonds. The van der Waals surface area contributed by atoms with E-state index in [2.05, 4.69) is 33.8 Å². The van der Waals surface area contributed by atoms with Crippen LogP contribution in [0.5, 0.6) is 0 Å². The van der Waals surface area contributed by atoms with Gasteiger partial charge in [0.25, 0.3) is 5.56 Å². The van der Waals surface area contributed by atoms with E-state index in [1.807, 2.05) is 24.3 Å². The average Bonchev–Trinajstić information content (AvgIpc) is 3.06. The van der Waals surface area contributed by atoms with Gasteiger partial charge in [-0.15, -0.1) is 11.3 Å². The van der Waals surface area contributed by atoms with Crippen LogP contribution in [0.3, 0.4) is 0 Å². The second-order valence-corrected chi connectivity index (χ2v) is 6.30. The second kappa shape index (κ2) is 7.18. The predicted molar refractivity (Wildman–Crippen MR) is 90.4 cm³/mol. The summed E-state index contributed by atoms with van der Waals surface area (Å²) >= 11 is 1.74. The van der Waals surface area contributed by atoms with Gasteiger partial charge in [0.2, 0.25) is 0 Å². The van der Waals surface area contributed by atoms with Gasteiger partial charge in [-0.1, -0.05) is 36.4 Å². The first kappa shape index (κ1) is 14.7. The van der Waals surface area contributed by atoms with Crippen LogP contribution in [0.25, 0.3) is 0 Å². The minimum absolute atomic E-state index is 0.0536. The quantitative estimate of drug-likeness (QED) is 0.758. The summed E-state index contributed by atoms with van der Waals surface area (Å²) in [5.41, 5.74) is 3.16. The Labute approximate surface area is 133 Å². The minimum atomic E-state index is -0.0536. The number of nitrogens with one attached hydrogen (secondary N) is 1. The number of benzene rings is 1. The molecule has 0 fully saturated rings. The normalized spacial score (nSPS) is 10.7. The van der Waals surface area contributed by atoms with Crippen molar-refractivity contribution >= 4 is 11.3 Å². The monoisotopic (exact) mass is 310 g/mol. The number of aromatic amines is 1. The minimum Gasteiger partial charge on any atom is -0.268 e. The Morgan fingerprint density at radius 3 is 2.59 bits per heavy atom.